The smallest absolute Gasteiger partial charge is 0.230 e. The Morgan fingerprint density at radius 3 is 2.48 bits per heavy atom. The number of methoxy groups -OCH3 is 1. The summed E-state index contributed by atoms with van der Waals surface area (Å²) >= 11 is 0. The molecule has 1 N–H and O–H groups in total. The molecule has 8 nitrogen and oxygen atoms in total. The first-order chi connectivity index (χ1) is 14.8. The van der Waals surface area contributed by atoms with E-state index in [-0.39, 0.29) is 37.2 Å². The van der Waals surface area contributed by atoms with E-state index in [4.69, 9.17) is 9.26 Å². The zero-order chi connectivity index (χ0) is 20.1. The molecule has 0 amide bonds. The number of pyridine rings is 1. The van der Waals surface area contributed by atoms with Gasteiger partial charge >= 0.3 is 0 Å². The largest absolute Gasteiger partial charge is 0.497 e. The average Bonchev–Trinajstić information content (AvgIpc) is 3.19. The molecule has 1 aliphatic carbocycles. The van der Waals surface area contributed by atoms with Crippen LogP contribution in [-0.4, -0.2) is 36.8 Å². The van der Waals surface area contributed by atoms with E-state index in [0.717, 1.165) is 52.3 Å². The van der Waals surface area contributed by atoms with Gasteiger partial charge in [0.05, 0.1) is 25.2 Å². The molecule has 1 aliphatic rings. The van der Waals surface area contributed by atoms with E-state index in [0.29, 0.717) is 17.6 Å². The number of H-pyrrole nitrogens is 1. The fourth-order valence-corrected chi connectivity index (χ4v) is 3.62. The molecule has 0 aliphatic heterocycles. The molecule has 6 rings (SSSR count). The van der Waals surface area contributed by atoms with Gasteiger partial charge in [0.15, 0.2) is 0 Å². The van der Waals surface area contributed by atoms with Crippen LogP contribution in [0.4, 0.5) is 0 Å². The quantitative estimate of drug-likeness (QED) is 0.333. The van der Waals surface area contributed by atoms with Crippen molar-refractivity contribution in [2.24, 2.45) is 0 Å². The summed E-state index contributed by atoms with van der Waals surface area (Å²) in [5.41, 5.74) is 5.59. The van der Waals surface area contributed by atoms with E-state index in [1.807, 2.05) is 53.2 Å². The predicted molar refractivity (Wildman–Crippen MR) is 132 cm³/mol. The second kappa shape index (κ2) is 9.82. The maximum absolute atomic E-state index is 5.43. The molecule has 1 aromatic carbocycles. The van der Waals surface area contributed by atoms with E-state index in [1.54, 1.807) is 13.3 Å². The molecular formula is C22H21Cl3N6O2. The number of aromatic amines is 1. The summed E-state index contributed by atoms with van der Waals surface area (Å²) in [4.78, 5) is 9.06. The molecule has 1 fully saturated rings. The lowest BCUT2D eigenvalue weighted by Gasteiger charge is -2.06. The third-order valence-corrected chi connectivity index (χ3v) is 5.43. The van der Waals surface area contributed by atoms with Gasteiger partial charge in [0.1, 0.15) is 17.1 Å². The monoisotopic (exact) mass is 506 g/mol. The number of rotatable bonds is 5. The molecule has 0 atom stereocenters. The molecule has 33 heavy (non-hydrogen) atoms. The second-order valence-electron chi connectivity index (χ2n) is 7.41. The van der Waals surface area contributed by atoms with Crippen LogP contribution in [0.2, 0.25) is 0 Å². The third-order valence-electron chi connectivity index (χ3n) is 5.43. The van der Waals surface area contributed by atoms with E-state index in [1.165, 1.54) is 0 Å². The van der Waals surface area contributed by atoms with Crippen molar-refractivity contribution in [3.8, 4) is 39.7 Å². The topological polar surface area (TPSA) is 94.1 Å². The number of fused-ring (bicyclic) bond motifs is 1. The maximum atomic E-state index is 5.43. The number of halogens is 3. The van der Waals surface area contributed by atoms with Gasteiger partial charge in [0, 0.05) is 28.8 Å². The minimum atomic E-state index is 0. The van der Waals surface area contributed by atoms with Gasteiger partial charge in [-0.05, 0) is 49.2 Å². The number of benzene rings is 1. The summed E-state index contributed by atoms with van der Waals surface area (Å²) in [6, 6.07) is 11.9. The lowest BCUT2D eigenvalue weighted by atomic mass is 10.0. The summed E-state index contributed by atoms with van der Waals surface area (Å²) < 4.78 is 12.7. The van der Waals surface area contributed by atoms with Crippen molar-refractivity contribution in [2.75, 3.05) is 7.11 Å². The van der Waals surface area contributed by atoms with Gasteiger partial charge in [-0.2, -0.15) is 10.1 Å². The number of nitrogens with one attached hydrogen (secondary N) is 1. The van der Waals surface area contributed by atoms with E-state index < -0.39 is 0 Å². The normalized spacial score (nSPS) is 12.5. The van der Waals surface area contributed by atoms with Gasteiger partial charge in [0.25, 0.3) is 0 Å². The van der Waals surface area contributed by atoms with Crippen molar-refractivity contribution in [2.45, 2.75) is 18.8 Å². The van der Waals surface area contributed by atoms with Crippen LogP contribution >= 0.6 is 37.2 Å². The van der Waals surface area contributed by atoms with Crippen molar-refractivity contribution >= 4 is 42.9 Å². The third kappa shape index (κ3) is 4.42. The molecule has 0 saturated heterocycles. The Kier molecular flexibility index (Phi) is 7.31. The highest BCUT2D eigenvalue weighted by Gasteiger charge is 2.30. The van der Waals surface area contributed by atoms with E-state index >= 15 is 0 Å². The Balaban J connectivity index is 0.00000102. The molecule has 172 valence electrons. The average molecular weight is 508 g/mol. The minimum Gasteiger partial charge on any atom is -0.497 e. The van der Waals surface area contributed by atoms with Crippen molar-refractivity contribution in [3.05, 3.63) is 60.9 Å². The molecule has 0 unspecified atom stereocenters. The van der Waals surface area contributed by atoms with Crippen molar-refractivity contribution in [3.63, 3.8) is 0 Å². The zero-order valence-electron chi connectivity index (χ0n) is 17.5. The van der Waals surface area contributed by atoms with Crippen LogP contribution in [0.5, 0.6) is 5.75 Å². The molecule has 11 heteroatoms. The molecule has 5 aromatic rings. The fourth-order valence-electron chi connectivity index (χ4n) is 3.62. The molecule has 4 aromatic heterocycles. The molecule has 4 heterocycles. The van der Waals surface area contributed by atoms with Crippen LogP contribution in [0, 0.1) is 0 Å². The number of hydrogen-bond acceptors (Lipinski definition) is 6. The Morgan fingerprint density at radius 1 is 1.00 bits per heavy atom. The van der Waals surface area contributed by atoms with Gasteiger partial charge < -0.3 is 9.26 Å². The summed E-state index contributed by atoms with van der Waals surface area (Å²) in [5.74, 6) is 2.51. The Hall–Kier alpha value is -3.07. The molecule has 1 saturated carbocycles. The van der Waals surface area contributed by atoms with E-state index in [2.05, 4.69) is 25.3 Å². The number of ether oxygens (including phenoxy) is 1. The first-order valence-electron chi connectivity index (χ1n) is 9.79. The highest BCUT2D eigenvalue weighted by molar-refractivity contribution is 5.86. The SMILES string of the molecule is COc1ccc(-c2[nH]ncc2-c2ccc3ncc(-c4noc(C5CC5)n4)n3c2)cc1.Cl.Cl.Cl. The van der Waals surface area contributed by atoms with Gasteiger partial charge in [0.2, 0.25) is 11.7 Å². The fraction of sp³-hybridized carbons (Fsp3) is 0.182. The Morgan fingerprint density at radius 2 is 1.76 bits per heavy atom. The van der Waals surface area contributed by atoms with Crippen LogP contribution in [0.25, 0.3) is 39.5 Å². The zero-order valence-corrected chi connectivity index (χ0v) is 19.9. The standard InChI is InChI=1S/C22H18N6O2.3ClH/c1-29-16-7-4-13(5-8-16)20-17(10-24-26-20)15-6-9-19-23-11-18(28(19)12-15)21-25-22(30-27-21)14-2-3-14;;;/h4-12,14H,2-3H2,1H3,(H,24,26);3*1H. The summed E-state index contributed by atoms with van der Waals surface area (Å²) in [5, 5.41) is 11.6. The Labute approximate surface area is 208 Å². The summed E-state index contributed by atoms with van der Waals surface area (Å²) in [7, 11) is 1.66. The lowest BCUT2D eigenvalue weighted by molar-refractivity contribution is 0.380. The van der Waals surface area contributed by atoms with Gasteiger partial charge in [-0.3, -0.25) is 9.50 Å². The van der Waals surface area contributed by atoms with Crippen molar-refractivity contribution in [1.82, 2.24) is 29.7 Å². The minimum absolute atomic E-state index is 0. The van der Waals surface area contributed by atoms with Gasteiger partial charge in [-0.25, -0.2) is 4.98 Å². The number of aromatic nitrogens is 6. The Bertz CT molecular complexity index is 1360. The first-order valence-corrected chi connectivity index (χ1v) is 9.79. The second-order valence-corrected chi connectivity index (χ2v) is 7.41. The highest BCUT2D eigenvalue weighted by Crippen LogP contribution is 2.39. The molecule has 0 radical (unpaired) electrons. The van der Waals surface area contributed by atoms with Crippen LogP contribution < -0.4 is 4.74 Å². The first kappa shape index (κ1) is 24.6. The summed E-state index contributed by atoms with van der Waals surface area (Å²) in [6.45, 7) is 0. The highest BCUT2D eigenvalue weighted by atomic mass is 35.5. The number of imidazole rings is 1. The lowest BCUT2D eigenvalue weighted by Crippen LogP contribution is -1.92. The van der Waals surface area contributed by atoms with Crippen molar-refractivity contribution in [1.29, 1.82) is 0 Å². The molecule has 0 bridgehead atoms. The van der Waals surface area contributed by atoms with Crippen molar-refractivity contribution < 1.29 is 9.26 Å². The van der Waals surface area contributed by atoms with E-state index in [9.17, 15) is 0 Å². The maximum Gasteiger partial charge on any atom is 0.230 e. The van der Waals surface area contributed by atoms with Crippen LogP contribution in [0.3, 0.4) is 0 Å². The van der Waals surface area contributed by atoms with Gasteiger partial charge in [-0.1, -0.05) is 5.16 Å². The number of nitrogens with zero attached hydrogens (tertiary/aromatic N) is 5. The van der Waals surface area contributed by atoms with Crippen LogP contribution in [0.1, 0.15) is 24.7 Å². The predicted octanol–water partition coefficient (Wildman–Crippen LogP) is 5.59. The van der Waals surface area contributed by atoms with Gasteiger partial charge in [-0.15, -0.1) is 37.2 Å². The van der Waals surface area contributed by atoms with Crippen LogP contribution in [0.15, 0.2) is 59.5 Å². The summed E-state index contributed by atoms with van der Waals surface area (Å²) in [6.07, 6.45) is 7.88. The van der Waals surface area contributed by atoms with Crippen LogP contribution in [-0.2, 0) is 0 Å². The molecule has 0 spiro atoms. The number of hydrogen-bond donors (Lipinski definition) is 1. The molecular weight excluding hydrogens is 487 g/mol.